The number of rotatable bonds is 7. The van der Waals surface area contributed by atoms with Crippen molar-refractivity contribution in [1.82, 2.24) is 0 Å². The molecule has 1 aromatic carbocycles. The summed E-state index contributed by atoms with van der Waals surface area (Å²) in [5.74, 6) is -1.31. The molecule has 0 spiro atoms. The lowest BCUT2D eigenvalue weighted by Gasteiger charge is -2.18. The Kier molecular flexibility index (Phi) is 8.42. The number of amides is 1. The van der Waals surface area contributed by atoms with Crippen molar-refractivity contribution in [3.8, 4) is 6.07 Å². The van der Waals surface area contributed by atoms with Gasteiger partial charge in [0.1, 0.15) is 23.0 Å². The molecular formula is C27H24N2O4S2. The van der Waals surface area contributed by atoms with Gasteiger partial charge in [0.25, 0.3) is 5.91 Å². The average Bonchev–Trinajstić information content (AvgIpc) is 3.50. The summed E-state index contributed by atoms with van der Waals surface area (Å²) in [6, 6.07) is 15.9. The third-order valence-electron chi connectivity index (χ3n) is 4.42. The molecule has 0 saturated heterocycles. The first kappa shape index (κ1) is 25.7. The molecule has 0 atom stereocenters. The van der Waals surface area contributed by atoms with Gasteiger partial charge in [-0.1, -0.05) is 24.3 Å². The van der Waals surface area contributed by atoms with Crippen LogP contribution < -0.4 is 5.32 Å². The van der Waals surface area contributed by atoms with Gasteiger partial charge in [-0.15, -0.1) is 22.7 Å². The SMILES string of the molecule is CC(C)(C)OC(=O)/C(C#N)=C/c1ccc(NC(=O)/C(=C(O)/C=C/c2cccs2)c2cccs2)cc1. The van der Waals surface area contributed by atoms with Crippen LogP contribution in [0.25, 0.3) is 17.7 Å². The fourth-order valence-corrected chi connectivity index (χ4v) is 4.29. The number of benzene rings is 1. The number of allylic oxidation sites excluding steroid dienone is 1. The van der Waals surface area contributed by atoms with Crippen LogP contribution in [0, 0.1) is 11.3 Å². The number of carbonyl (C=O) groups excluding carboxylic acids is 2. The smallest absolute Gasteiger partial charge is 0.349 e. The number of nitrogens with one attached hydrogen (secondary N) is 1. The second-order valence-corrected chi connectivity index (χ2v) is 10.3. The number of anilines is 1. The number of thiophene rings is 2. The summed E-state index contributed by atoms with van der Waals surface area (Å²) in [5.41, 5.74) is 0.420. The largest absolute Gasteiger partial charge is 0.507 e. The quantitative estimate of drug-likeness (QED) is 0.123. The van der Waals surface area contributed by atoms with Crippen LogP contribution in [-0.2, 0) is 14.3 Å². The van der Waals surface area contributed by atoms with Gasteiger partial charge < -0.3 is 15.2 Å². The molecule has 6 nitrogen and oxygen atoms in total. The standard InChI is InChI=1S/C27H24N2O4S2/c1-27(2,3)33-26(32)19(17-28)16-18-8-10-20(11-9-18)29-25(31)24(23-7-5-15-35-23)22(30)13-12-21-6-4-14-34-21/h4-16,30H,1-3H3,(H,29,31)/b13-12+,19-16+,24-22-. The molecule has 0 unspecified atom stereocenters. The fraction of sp³-hybridized carbons (Fsp3) is 0.148. The number of aliphatic hydroxyl groups excluding tert-OH is 1. The minimum atomic E-state index is -0.709. The van der Waals surface area contributed by atoms with Crippen LogP contribution >= 0.6 is 22.7 Å². The molecule has 1 amide bonds. The minimum absolute atomic E-state index is 0.123. The van der Waals surface area contributed by atoms with E-state index in [0.29, 0.717) is 16.1 Å². The van der Waals surface area contributed by atoms with Crippen molar-refractivity contribution >= 4 is 58.0 Å². The first-order valence-electron chi connectivity index (χ1n) is 10.6. The fourth-order valence-electron chi connectivity index (χ4n) is 2.90. The number of carbonyl (C=O) groups is 2. The normalized spacial score (nSPS) is 12.7. The lowest BCUT2D eigenvalue weighted by molar-refractivity contribution is -0.149. The maximum absolute atomic E-state index is 13.1. The van der Waals surface area contributed by atoms with E-state index in [4.69, 9.17) is 4.74 Å². The van der Waals surface area contributed by atoms with Crippen molar-refractivity contribution in [2.75, 3.05) is 5.32 Å². The van der Waals surface area contributed by atoms with Crippen LogP contribution in [0.4, 0.5) is 5.69 Å². The van der Waals surface area contributed by atoms with Gasteiger partial charge in [0, 0.05) is 15.4 Å². The van der Waals surface area contributed by atoms with E-state index in [1.54, 1.807) is 57.2 Å². The average molecular weight is 505 g/mol. The molecule has 2 heterocycles. The molecule has 0 aliphatic heterocycles. The first-order chi connectivity index (χ1) is 16.7. The van der Waals surface area contributed by atoms with Crippen molar-refractivity contribution in [3.63, 3.8) is 0 Å². The summed E-state index contributed by atoms with van der Waals surface area (Å²) < 4.78 is 5.25. The molecular weight excluding hydrogens is 480 g/mol. The Labute approximate surface area is 212 Å². The minimum Gasteiger partial charge on any atom is -0.507 e. The zero-order valence-corrected chi connectivity index (χ0v) is 21.1. The number of aliphatic hydroxyl groups is 1. The van der Waals surface area contributed by atoms with E-state index in [1.165, 1.54) is 34.8 Å². The Morgan fingerprint density at radius 2 is 1.74 bits per heavy atom. The second-order valence-electron chi connectivity index (χ2n) is 8.33. The molecule has 0 fully saturated rings. The van der Waals surface area contributed by atoms with Crippen LogP contribution in [0.15, 0.2) is 76.7 Å². The lowest BCUT2D eigenvalue weighted by Crippen LogP contribution is -2.24. The topological polar surface area (TPSA) is 99.4 Å². The highest BCUT2D eigenvalue weighted by molar-refractivity contribution is 7.11. The van der Waals surface area contributed by atoms with Crippen molar-refractivity contribution in [1.29, 1.82) is 5.26 Å². The van der Waals surface area contributed by atoms with E-state index < -0.39 is 17.5 Å². The Bertz CT molecular complexity index is 1300. The summed E-state index contributed by atoms with van der Waals surface area (Å²) in [6.07, 6.45) is 4.69. The van der Waals surface area contributed by atoms with Crippen molar-refractivity contribution in [3.05, 3.63) is 92.0 Å². The zero-order valence-electron chi connectivity index (χ0n) is 19.4. The molecule has 2 aromatic heterocycles. The van der Waals surface area contributed by atoms with E-state index in [1.807, 2.05) is 35.0 Å². The number of esters is 1. The molecule has 0 aliphatic carbocycles. The van der Waals surface area contributed by atoms with Crippen molar-refractivity contribution < 1.29 is 19.4 Å². The van der Waals surface area contributed by atoms with Gasteiger partial charge in [0.15, 0.2) is 0 Å². The summed E-state index contributed by atoms with van der Waals surface area (Å²) in [7, 11) is 0. The number of hydrogen-bond donors (Lipinski definition) is 2. The van der Waals surface area contributed by atoms with Crippen LogP contribution in [0.5, 0.6) is 0 Å². The third kappa shape index (κ3) is 7.54. The molecule has 3 rings (SSSR count). The number of nitriles is 1. The third-order valence-corrected chi connectivity index (χ3v) is 6.14. The van der Waals surface area contributed by atoms with Gasteiger partial charge in [-0.3, -0.25) is 4.79 Å². The van der Waals surface area contributed by atoms with Crippen LogP contribution in [0.1, 0.15) is 36.1 Å². The molecule has 8 heteroatoms. The Morgan fingerprint density at radius 1 is 1.06 bits per heavy atom. The highest BCUT2D eigenvalue weighted by Crippen LogP contribution is 2.26. The van der Waals surface area contributed by atoms with Gasteiger partial charge >= 0.3 is 5.97 Å². The predicted molar refractivity (Wildman–Crippen MR) is 142 cm³/mol. The Morgan fingerprint density at radius 3 is 2.31 bits per heavy atom. The van der Waals surface area contributed by atoms with Crippen LogP contribution in [-0.4, -0.2) is 22.6 Å². The van der Waals surface area contributed by atoms with Gasteiger partial charge in [-0.05, 0) is 79.6 Å². The van der Waals surface area contributed by atoms with Gasteiger partial charge in [0.2, 0.25) is 0 Å². The lowest BCUT2D eigenvalue weighted by atomic mass is 10.1. The highest BCUT2D eigenvalue weighted by Gasteiger charge is 2.20. The van der Waals surface area contributed by atoms with E-state index >= 15 is 0 Å². The summed E-state index contributed by atoms with van der Waals surface area (Å²) >= 11 is 2.87. The summed E-state index contributed by atoms with van der Waals surface area (Å²) in [5, 5.41) is 26.6. The molecule has 0 aliphatic rings. The summed E-state index contributed by atoms with van der Waals surface area (Å²) in [6.45, 7) is 5.18. The van der Waals surface area contributed by atoms with E-state index in [9.17, 15) is 20.0 Å². The van der Waals surface area contributed by atoms with Gasteiger partial charge in [-0.2, -0.15) is 5.26 Å². The molecule has 0 saturated carbocycles. The Balaban J connectivity index is 1.79. The summed E-state index contributed by atoms with van der Waals surface area (Å²) in [4.78, 5) is 26.8. The van der Waals surface area contributed by atoms with E-state index in [-0.39, 0.29) is 16.9 Å². The molecule has 35 heavy (non-hydrogen) atoms. The maximum atomic E-state index is 13.1. The predicted octanol–water partition coefficient (Wildman–Crippen LogP) is 6.68. The van der Waals surface area contributed by atoms with Crippen molar-refractivity contribution in [2.24, 2.45) is 0 Å². The highest BCUT2D eigenvalue weighted by atomic mass is 32.1. The first-order valence-corrected chi connectivity index (χ1v) is 12.4. The van der Waals surface area contributed by atoms with E-state index in [2.05, 4.69) is 5.32 Å². The molecule has 0 bridgehead atoms. The zero-order chi connectivity index (χ0) is 25.4. The maximum Gasteiger partial charge on any atom is 0.349 e. The van der Waals surface area contributed by atoms with Gasteiger partial charge in [0.05, 0.1) is 5.57 Å². The van der Waals surface area contributed by atoms with Crippen molar-refractivity contribution in [2.45, 2.75) is 26.4 Å². The number of hydrogen-bond acceptors (Lipinski definition) is 7. The van der Waals surface area contributed by atoms with Crippen LogP contribution in [0.2, 0.25) is 0 Å². The monoisotopic (exact) mass is 504 g/mol. The van der Waals surface area contributed by atoms with E-state index in [0.717, 1.165) is 4.88 Å². The number of nitrogens with zero attached hydrogens (tertiary/aromatic N) is 1. The molecule has 178 valence electrons. The number of ether oxygens (including phenoxy) is 1. The second kappa shape index (κ2) is 11.5. The molecule has 0 radical (unpaired) electrons. The molecule has 2 N–H and O–H groups in total. The van der Waals surface area contributed by atoms with Crippen LogP contribution in [0.3, 0.4) is 0 Å². The Hall–Kier alpha value is -3.93. The molecule has 3 aromatic rings. The van der Waals surface area contributed by atoms with Gasteiger partial charge in [-0.25, -0.2) is 4.79 Å².